The number of anilines is 1. The summed E-state index contributed by atoms with van der Waals surface area (Å²) < 4.78 is -1.64. The van der Waals surface area contributed by atoms with Crippen LogP contribution in [0.1, 0.15) is 89.5 Å². The maximum absolute atomic E-state index is 12.3. The molecule has 0 saturated heterocycles. The van der Waals surface area contributed by atoms with Crippen molar-refractivity contribution in [3.63, 3.8) is 0 Å². The summed E-state index contributed by atoms with van der Waals surface area (Å²) in [4.78, 5) is 12.3. The zero-order valence-corrected chi connectivity index (χ0v) is 20.2. The Labute approximate surface area is 192 Å². The van der Waals surface area contributed by atoms with Crippen molar-refractivity contribution < 1.29 is 4.79 Å². The van der Waals surface area contributed by atoms with Gasteiger partial charge in [0, 0.05) is 12.1 Å². The van der Waals surface area contributed by atoms with E-state index in [2.05, 4.69) is 17.6 Å². The minimum Gasteiger partial charge on any atom is -0.362 e. The van der Waals surface area contributed by atoms with Gasteiger partial charge in [0.2, 0.25) is 9.70 Å². The van der Waals surface area contributed by atoms with Crippen molar-refractivity contribution in [2.45, 2.75) is 101 Å². The molecule has 29 heavy (non-hydrogen) atoms. The molecule has 1 amide bonds. The van der Waals surface area contributed by atoms with Crippen LogP contribution in [0.2, 0.25) is 0 Å². The average molecular weight is 464 g/mol. The Morgan fingerprint density at radius 1 is 0.862 bits per heavy atom. The first-order valence-electron chi connectivity index (χ1n) is 11.0. The summed E-state index contributed by atoms with van der Waals surface area (Å²) in [6.45, 7) is 4.25. The van der Waals surface area contributed by atoms with Gasteiger partial charge in [-0.2, -0.15) is 0 Å². The number of hydrogen-bond acceptors (Lipinski definition) is 2. The van der Waals surface area contributed by atoms with Crippen LogP contribution in [0.15, 0.2) is 24.3 Å². The van der Waals surface area contributed by atoms with E-state index in [0.717, 1.165) is 24.1 Å². The Hall–Kier alpha value is -0.640. The van der Waals surface area contributed by atoms with E-state index < -0.39 is 9.96 Å². The molecule has 166 valence electrons. The second kappa shape index (κ2) is 15.2. The highest BCUT2D eigenvalue weighted by Crippen LogP contribution is 2.31. The largest absolute Gasteiger partial charge is 0.362 e. The number of halogens is 3. The lowest BCUT2D eigenvalue weighted by Crippen LogP contribution is -2.49. The SMILES string of the molecule is CCCCCCCCCCCCCC(=O)N[C@H](Nc1ccc(C)cc1)C(Cl)(Cl)Cl. The molecule has 0 bridgehead atoms. The molecule has 0 aliphatic carbocycles. The number of carbonyl (C=O) groups excluding carboxylic acids is 1. The van der Waals surface area contributed by atoms with Gasteiger partial charge in [0.25, 0.3) is 0 Å². The van der Waals surface area contributed by atoms with Crippen LogP contribution in [0.4, 0.5) is 5.69 Å². The Morgan fingerprint density at radius 3 is 1.83 bits per heavy atom. The van der Waals surface area contributed by atoms with Gasteiger partial charge in [-0.3, -0.25) is 4.79 Å². The summed E-state index contributed by atoms with van der Waals surface area (Å²) in [6, 6.07) is 7.72. The van der Waals surface area contributed by atoms with Gasteiger partial charge in [-0.15, -0.1) is 0 Å². The molecule has 1 aromatic carbocycles. The number of benzene rings is 1. The number of nitrogens with one attached hydrogen (secondary N) is 2. The van der Waals surface area contributed by atoms with Gasteiger partial charge in [0.1, 0.15) is 6.17 Å². The lowest BCUT2D eigenvalue weighted by atomic mass is 10.1. The highest BCUT2D eigenvalue weighted by Gasteiger charge is 2.33. The molecule has 2 N–H and O–H groups in total. The topological polar surface area (TPSA) is 41.1 Å². The van der Waals surface area contributed by atoms with Crippen LogP contribution >= 0.6 is 34.8 Å². The fourth-order valence-corrected chi connectivity index (χ4v) is 3.53. The number of rotatable bonds is 15. The van der Waals surface area contributed by atoms with E-state index in [1.807, 2.05) is 31.2 Å². The van der Waals surface area contributed by atoms with Gasteiger partial charge in [0.05, 0.1) is 0 Å². The number of amides is 1. The third-order valence-corrected chi connectivity index (χ3v) is 5.66. The van der Waals surface area contributed by atoms with Gasteiger partial charge in [0.15, 0.2) is 0 Å². The fourth-order valence-electron chi connectivity index (χ4n) is 3.20. The van der Waals surface area contributed by atoms with E-state index in [-0.39, 0.29) is 5.91 Å². The Balaban J connectivity index is 2.19. The number of unbranched alkanes of at least 4 members (excludes halogenated alkanes) is 10. The molecular weight excluding hydrogens is 427 g/mol. The minimum atomic E-state index is -1.64. The summed E-state index contributed by atoms with van der Waals surface area (Å²) in [5.41, 5.74) is 1.93. The Morgan fingerprint density at radius 2 is 1.34 bits per heavy atom. The van der Waals surface area contributed by atoms with Crippen molar-refractivity contribution in [3.05, 3.63) is 29.8 Å². The number of aryl methyl sites for hydroxylation is 1. The van der Waals surface area contributed by atoms with Crippen molar-refractivity contribution in [1.29, 1.82) is 0 Å². The maximum atomic E-state index is 12.3. The number of alkyl halides is 3. The van der Waals surface area contributed by atoms with E-state index in [4.69, 9.17) is 34.8 Å². The summed E-state index contributed by atoms with van der Waals surface area (Å²) in [5, 5.41) is 5.90. The van der Waals surface area contributed by atoms with E-state index in [0.29, 0.717) is 6.42 Å². The lowest BCUT2D eigenvalue weighted by molar-refractivity contribution is -0.121. The summed E-state index contributed by atoms with van der Waals surface area (Å²) in [6.07, 6.45) is 13.4. The maximum Gasteiger partial charge on any atom is 0.228 e. The van der Waals surface area contributed by atoms with Gasteiger partial charge in [-0.05, 0) is 25.5 Å². The zero-order valence-electron chi connectivity index (χ0n) is 17.9. The van der Waals surface area contributed by atoms with Crippen LogP contribution in [0.3, 0.4) is 0 Å². The molecule has 0 unspecified atom stereocenters. The third-order valence-electron chi connectivity index (χ3n) is 5.00. The van der Waals surface area contributed by atoms with Crippen LogP contribution in [0.5, 0.6) is 0 Å². The zero-order chi connectivity index (χ0) is 21.5. The third kappa shape index (κ3) is 13.3. The van der Waals surface area contributed by atoms with Crippen LogP contribution in [0.25, 0.3) is 0 Å². The lowest BCUT2D eigenvalue weighted by Gasteiger charge is -2.27. The highest BCUT2D eigenvalue weighted by molar-refractivity contribution is 6.68. The predicted octanol–water partition coefficient (Wildman–Crippen LogP) is 7.92. The van der Waals surface area contributed by atoms with Crippen molar-refractivity contribution >= 4 is 46.4 Å². The molecule has 0 spiro atoms. The second-order valence-corrected chi connectivity index (χ2v) is 10.2. The van der Waals surface area contributed by atoms with Gasteiger partial charge in [-0.25, -0.2) is 0 Å². The summed E-state index contributed by atoms with van der Waals surface area (Å²) >= 11 is 18.2. The smallest absolute Gasteiger partial charge is 0.228 e. The number of carbonyl (C=O) groups is 1. The molecule has 0 aromatic heterocycles. The molecule has 0 saturated carbocycles. The van der Waals surface area contributed by atoms with Gasteiger partial charge in [-0.1, -0.05) is 124 Å². The molecular formula is C23H37Cl3N2O. The molecule has 0 radical (unpaired) electrons. The van der Waals surface area contributed by atoms with Crippen molar-refractivity contribution in [1.82, 2.24) is 5.32 Å². The molecule has 1 atom stereocenters. The monoisotopic (exact) mass is 462 g/mol. The normalized spacial score (nSPS) is 12.6. The molecule has 0 aliphatic rings. The first kappa shape index (κ1) is 26.4. The highest BCUT2D eigenvalue weighted by atomic mass is 35.6. The fraction of sp³-hybridized carbons (Fsp3) is 0.696. The summed E-state index contributed by atoms with van der Waals surface area (Å²) in [7, 11) is 0. The first-order valence-corrected chi connectivity index (χ1v) is 12.2. The van der Waals surface area contributed by atoms with Crippen LogP contribution in [0, 0.1) is 6.92 Å². The molecule has 0 heterocycles. The van der Waals surface area contributed by atoms with E-state index in [9.17, 15) is 4.79 Å². The van der Waals surface area contributed by atoms with Gasteiger partial charge >= 0.3 is 0 Å². The predicted molar refractivity (Wildman–Crippen MR) is 128 cm³/mol. The quantitative estimate of drug-likeness (QED) is 0.157. The van der Waals surface area contributed by atoms with Crippen molar-refractivity contribution in [2.75, 3.05) is 5.32 Å². The molecule has 1 aromatic rings. The van der Waals surface area contributed by atoms with E-state index in [1.54, 1.807) is 0 Å². The average Bonchev–Trinajstić information content (AvgIpc) is 2.66. The molecule has 6 heteroatoms. The second-order valence-electron chi connectivity index (χ2n) is 7.84. The van der Waals surface area contributed by atoms with Crippen LogP contribution in [-0.2, 0) is 4.79 Å². The standard InChI is InChI=1S/C23H37Cl3N2O/c1-3-4-5-6-7-8-9-10-11-12-13-14-21(29)28-22(23(24,25)26)27-20-17-15-19(2)16-18-20/h15-18,22,27H,3-14H2,1-2H3,(H,28,29)/t22-/m0/s1. The van der Waals surface area contributed by atoms with Crippen molar-refractivity contribution in [2.24, 2.45) is 0 Å². The minimum absolute atomic E-state index is 0.100. The number of hydrogen-bond donors (Lipinski definition) is 2. The van der Waals surface area contributed by atoms with Crippen LogP contribution < -0.4 is 10.6 Å². The van der Waals surface area contributed by atoms with Gasteiger partial charge < -0.3 is 10.6 Å². The Bertz CT molecular complexity index is 558. The molecule has 3 nitrogen and oxygen atoms in total. The molecule has 0 aliphatic heterocycles. The Kier molecular flexibility index (Phi) is 13.8. The van der Waals surface area contributed by atoms with Crippen LogP contribution in [-0.4, -0.2) is 15.9 Å². The van der Waals surface area contributed by atoms with Crippen molar-refractivity contribution in [3.8, 4) is 0 Å². The first-order chi connectivity index (χ1) is 13.8. The molecule has 1 rings (SSSR count). The molecule has 0 fully saturated rings. The van der Waals surface area contributed by atoms with E-state index >= 15 is 0 Å². The van der Waals surface area contributed by atoms with E-state index in [1.165, 1.54) is 57.8 Å². The summed E-state index contributed by atoms with van der Waals surface area (Å²) in [5.74, 6) is -0.100.